The topological polar surface area (TPSA) is 56.8 Å². The minimum absolute atomic E-state index is 0.0760. The van der Waals surface area contributed by atoms with Crippen LogP contribution in [0.4, 0.5) is 5.69 Å². The van der Waals surface area contributed by atoms with Crippen LogP contribution >= 0.6 is 0 Å². The van der Waals surface area contributed by atoms with Crippen LogP contribution in [0.5, 0.6) is 5.75 Å². The van der Waals surface area contributed by atoms with Crippen molar-refractivity contribution in [1.82, 2.24) is 0 Å². The molecule has 3 rings (SSSR count). The van der Waals surface area contributed by atoms with Crippen molar-refractivity contribution in [3.05, 3.63) is 24.3 Å². The molecular formula is C19H27NO4. The molecule has 1 N–H and O–H groups in total. The summed E-state index contributed by atoms with van der Waals surface area (Å²) in [4.78, 5) is 12.7. The van der Waals surface area contributed by atoms with Gasteiger partial charge in [-0.25, -0.2) is 0 Å². The van der Waals surface area contributed by atoms with E-state index in [-0.39, 0.29) is 12.0 Å². The number of anilines is 1. The van der Waals surface area contributed by atoms with E-state index in [9.17, 15) is 4.79 Å². The maximum Gasteiger partial charge on any atom is 0.234 e. The zero-order valence-corrected chi connectivity index (χ0v) is 14.8. The fraction of sp³-hybridized carbons (Fsp3) is 0.632. The van der Waals surface area contributed by atoms with Crippen molar-refractivity contribution in [1.29, 1.82) is 0 Å². The van der Waals surface area contributed by atoms with E-state index in [1.54, 1.807) is 0 Å². The molecule has 0 radical (unpaired) electrons. The predicted molar refractivity (Wildman–Crippen MR) is 92.0 cm³/mol. The second kappa shape index (κ2) is 6.73. The Labute approximate surface area is 143 Å². The van der Waals surface area contributed by atoms with Crippen molar-refractivity contribution in [2.24, 2.45) is 5.41 Å². The highest BCUT2D eigenvalue weighted by molar-refractivity contribution is 5.95. The molecule has 0 aromatic heterocycles. The lowest BCUT2D eigenvalue weighted by atomic mass is 9.90. The number of carbonyl (C=O) groups excluding carboxylic acids is 1. The minimum Gasteiger partial charge on any atom is -0.491 e. The summed E-state index contributed by atoms with van der Waals surface area (Å²) in [5.41, 5.74) is 0.0829. The summed E-state index contributed by atoms with van der Waals surface area (Å²) in [5.74, 6) is 0.282. The molecule has 1 amide bonds. The van der Waals surface area contributed by atoms with Gasteiger partial charge < -0.3 is 19.5 Å². The van der Waals surface area contributed by atoms with E-state index in [4.69, 9.17) is 14.2 Å². The number of benzene rings is 1. The lowest BCUT2D eigenvalue weighted by Crippen LogP contribution is -2.52. The van der Waals surface area contributed by atoms with E-state index in [2.05, 4.69) is 5.32 Å². The van der Waals surface area contributed by atoms with Crippen LogP contribution in [-0.2, 0) is 14.3 Å². The largest absolute Gasteiger partial charge is 0.491 e. The molecule has 5 nitrogen and oxygen atoms in total. The second-order valence-corrected chi connectivity index (χ2v) is 7.40. The first-order chi connectivity index (χ1) is 11.4. The van der Waals surface area contributed by atoms with Crippen molar-refractivity contribution in [2.45, 2.75) is 58.3 Å². The molecule has 1 saturated carbocycles. The van der Waals surface area contributed by atoms with Crippen molar-refractivity contribution < 1.29 is 19.0 Å². The molecule has 24 heavy (non-hydrogen) atoms. The Balaban J connectivity index is 1.58. The van der Waals surface area contributed by atoms with Gasteiger partial charge in [0.05, 0.1) is 24.7 Å². The summed E-state index contributed by atoms with van der Waals surface area (Å²) in [6.45, 7) is 6.65. The molecule has 1 saturated heterocycles. The van der Waals surface area contributed by atoms with Gasteiger partial charge in [0.1, 0.15) is 5.75 Å². The smallest absolute Gasteiger partial charge is 0.234 e. The molecule has 2 fully saturated rings. The first kappa shape index (κ1) is 17.2. The van der Waals surface area contributed by atoms with Crippen LogP contribution in [0.25, 0.3) is 0 Å². The van der Waals surface area contributed by atoms with Crippen LogP contribution in [0, 0.1) is 5.41 Å². The molecule has 2 aliphatic rings. The van der Waals surface area contributed by atoms with Crippen molar-refractivity contribution in [2.75, 3.05) is 18.5 Å². The van der Waals surface area contributed by atoms with Crippen molar-refractivity contribution in [3.8, 4) is 5.75 Å². The molecule has 5 heteroatoms. The Morgan fingerprint density at radius 2 is 1.71 bits per heavy atom. The Morgan fingerprint density at radius 3 is 2.25 bits per heavy atom. The molecule has 1 spiro atoms. The Kier molecular flexibility index (Phi) is 4.83. The number of ether oxygens (including phenoxy) is 3. The first-order valence-corrected chi connectivity index (χ1v) is 8.77. The fourth-order valence-electron chi connectivity index (χ4n) is 3.17. The number of hydrogen-bond acceptors (Lipinski definition) is 4. The third-order valence-electron chi connectivity index (χ3n) is 4.71. The molecule has 132 valence electrons. The molecule has 0 unspecified atom stereocenters. The van der Waals surface area contributed by atoms with Crippen LogP contribution in [0.3, 0.4) is 0 Å². The van der Waals surface area contributed by atoms with Gasteiger partial charge in [0.25, 0.3) is 0 Å². The Hall–Kier alpha value is -1.59. The number of hydrogen-bond donors (Lipinski definition) is 1. The summed E-state index contributed by atoms with van der Waals surface area (Å²) in [6, 6.07) is 7.42. The average molecular weight is 333 g/mol. The van der Waals surface area contributed by atoms with Gasteiger partial charge in [-0.2, -0.15) is 0 Å². The van der Waals surface area contributed by atoms with Crippen LogP contribution in [0.1, 0.15) is 46.5 Å². The third kappa shape index (κ3) is 3.73. The number of carbonyl (C=O) groups is 1. The van der Waals surface area contributed by atoms with Crippen molar-refractivity contribution in [3.63, 3.8) is 0 Å². The second-order valence-electron chi connectivity index (χ2n) is 7.40. The lowest BCUT2D eigenvalue weighted by molar-refractivity contribution is -0.291. The average Bonchev–Trinajstić information content (AvgIpc) is 3.01. The maximum atomic E-state index is 12.7. The molecular weight excluding hydrogens is 306 g/mol. The Bertz CT molecular complexity index is 566. The molecule has 1 aliphatic carbocycles. The van der Waals surface area contributed by atoms with Gasteiger partial charge in [-0.05, 0) is 57.9 Å². The maximum absolute atomic E-state index is 12.7. The first-order valence-electron chi connectivity index (χ1n) is 8.77. The van der Waals surface area contributed by atoms with E-state index in [0.717, 1.165) is 37.1 Å². The third-order valence-corrected chi connectivity index (χ3v) is 4.71. The van der Waals surface area contributed by atoms with Gasteiger partial charge in [-0.3, -0.25) is 4.79 Å². The summed E-state index contributed by atoms with van der Waals surface area (Å²) >= 11 is 0. The van der Waals surface area contributed by atoms with E-state index in [0.29, 0.717) is 13.2 Å². The van der Waals surface area contributed by atoms with Crippen LogP contribution in [-0.4, -0.2) is 31.0 Å². The Morgan fingerprint density at radius 1 is 1.12 bits per heavy atom. The van der Waals surface area contributed by atoms with E-state index in [1.165, 1.54) is 0 Å². The van der Waals surface area contributed by atoms with Gasteiger partial charge in [-0.1, -0.05) is 0 Å². The van der Waals surface area contributed by atoms with Crippen LogP contribution in [0.15, 0.2) is 24.3 Å². The summed E-state index contributed by atoms with van der Waals surface area (Å²) in [7, 11) is 0. The van der Waals surface area contributed by atoms with Gasteiger partial charge in [0.15, 0.2) is 5.79 Å². The summed E-state index contributed by atoms with van der Waals surface area (Å²) in [6.07, 6.45) is 4.26. The van der Waals surface area contributed by atoms with E-state index >= 15 is 0 Å². The van der Waals surface area contributed by atoms with Gasteiger partial charge in [-0.15, -0.1) is 0 Å². The van der Waals surface area contributed by atoms with E-state index in [1.807, 2.05) is 45.0 Å². The normalized spacial score (nSPS) is 21.8. The number of amides is 1. The standard InChI is InChI=1S/C19H27NO4/c1-14(2)24-16-8-6-15(7-9-16)20-17(21)18(3)12-22-19(23-13-18)10-4-5-11-19/h6-9,14H,4-5,10-13H2,1-3H3,(H,20,21). The molecule has 0 atom stereocenters. The van der Waals surface area contributed by atoms with Gasteiger partial charge >= 0.3 is 0 Å². The molecule has 1 heterocycles. The minimum atomic E-state index is -0.666. The molecule has 1 aromatic rings. The highest BCUT2D eigenvalue weighted by atomic mass is 16.7. The zero-order chi connectivity index (χ0) is 17.2. The molecule has 0 bridgehead atoms. The molecule has 1 aliphatic heterocycles. The fourth-order valence-corrected chi connectivity index (χ4v) is 3.17. The highest BCUT2D eigenvalue weighted by Crippen LogP contribution is 2.40. The van der Waals surface area contributed by atoms with Crippen molar-refractivity contribution >= 4 is 11.6 Å². The monoisotopic (exact) mass is 333 g/mol. The SMILES string of the molecule is CC(C)Oc1ccc(NC(=O)C2(C)COC3(CCCC3)OC2)cc1. The summed E-state index contributed by atoms with van der Waals surface area (Å²) < 4.78 is 17.5. The number of rotatable bonds is 4. The molecule has 1 aromatic carbocycles. The van der Waals surface area contributed by atoms with E-state index < -0.39 is 11.2 Å². The highest BCUT2D eigenvalue weighted by Gasteiger charge is 2.47. The zero-order valence-electron chi connectivity index (χ0n) is 14.8. The number of nitrogens with one attached hydrogen (secondary N) is 1. The van der Waals surface area contributed by atoms with Gasteiger partial charge in [0, 0.05) is 18.5 Å². The van der Waals surface area contributed by atoms with Crippen LogP contribution < -0.4 is 10.1 Å². The lowest BCUT2D eigenvalue weighted by Gasteiger charge is -2.42. The van der Waals surface area contributed by atoms with Gasteiger partial charge in [0.2, 0.25) is 5.91 Å². The predicted octanol–water partition coefficient (Wildman–Crippen LogP) is 3.74. The quantitative estimate of drug-likeness (QED) is 0.912. The van der Waals surface area contributed by atoms with Crippen LogP contribution in [0.2, 0.25) is 0 Å². The summed E-state index contributed by atoms with van der Waals surface area (Å²) in [5, 5.41) is 2.96.